The normalized spacial score (nSPS) is 9.70. The van der Waals surface area contributed by atoms with Crippen LogP contribution >= 0.6 is 0 Å². The first-order chi connectivity index (χ1) is 11.1. The molecule has 5 heteroatoms. The predicted molar refractivity (Wildman–Crippen MR) is 86.7 cm³/mol. The van der Waals surface area contributed by atoms with Crippen molar-refractivity contribution in [2.45, 2.75) is 6.61 Å². The van der Waals surface area contributed by atoms with Crippen molar-refractivity contribution in [1.82, 2.24) is 0 Å². The fourth-order valence-electron chi connectivity index (χ4n) is 2.15. The van der Waals surface area contributed by atoms with E-state index in [0.29, 0.717) is 0 Å². The molecule has 0 fully saturated rings. The van der Waals surface area contributed by atoms with Gasteiger partial charge >= 0.3 is 5.97 Å². The summed E-state index contributed by atoms with van der Waals surface area (Å²) in [4.78, 5) is 11.6. The van der Waals surface area contributed by atoms with E-state index in [1.165, 1.54) is 12.1 Å². The van der Waals surface area contributed by atoms with Gasteiger partial charge in [0.1, 0.15) is 17.9 Å². The van der Waals surface area contributed by atoms with E-state index in [0.717, 1.165) is 11.8 Å². The SMILES string of the molecule is C=C(C=N)c1c(C#N)ccc(OCc2ccccc2)c1C(=O)O. The maximum absolute atomic E-state index is 11.6. The number of benzene rings is 2. The maximum atomic E-state index is 11.6. The third-order valence-corrected chi connectivity index (χ3v) is 3.23. The van der Waals surface area contributed by atoms with E-state index in [1.54, 1.807) is 0 Å². The second kappa shape index (κ2) is 7.05. The fraction of sp³-hybridized carbons (Fsp3) is 0.0556. The Hall–Kier alpha value is -3.39. The minimum atomic E-state index is -1.23. The molecule has 0 aliphatic heterocycles. The summed E-state index contributed by atoms with van der Waals surface area (Å²) in [6.45, 7) is 3.84. The molecule has 2 rings (SSSR count). The number of aromatic carboxylic acids is 1. The Kier molecular flexibility index (Phi) is 4.90. The summed E-state index contributed by atoms with van der Waals surface area (Å²) >= 11 is 0. The summed E-state index contributed by atoms with van der Waals surface area (Å²) in [5, 5.41) is 26.0. The van der Waals surface area contributed by atoms with Gasteiger partial charge in [-0.2, -0.15) is 5.26 Å². The van der Waals surface area contributed by atoms with Crippen molar-refractivity contribution in [2.75, 3.05) is 0 Å². The van der Waals surface area contributed by atoms with Crippen molar-refractivity contribution in [1.29, 1.82) is 10.7 Å². The van der Waals surface area contributed by atoms with Crippen molar-refractivity contribution < 1.29 is 14.6 Å². The van der Waals surface area contributed by atoms with Crippen LogP contribution in [0.25, 0.3) is 5.57 Å². The van der Waals surface area contributed by atoms with Gasteiger partial charge < -0.3 is 15.3 Å². The first-order valence-corrected chi connectivity index (χ1v) is 6.75. The molecular weight excluding hydrogens is 292 g/mol. The van der Waals surface area contributed by atoms with Gasteiger partial charge in [-0.3, -0.25) is 0 Å². The molecule has 0 radical (unpaired) electrons. The van der Waals surface area contributed by atoms with Crippen molar-refractivity contribution in [3.8, 4) is 11.8 Å². The van der Waals surface area contributed by atoms with Gasteiger partial charge in [-0.15, -0.1) is 0 Å². The number of nitriles is 1. The van der Waals surface area contributed by atoms with Crippen molar-refractivity contribution >= 4 is 17.8 Å². The second-order valence-corrected chi connectivity index (χ2v) is 4.72. The molecule has 0 saturated heterocycles. The lowest BCUT2D eigenvalue weighted by Crippen LogP contribution is -2.09. The Bertz CT molecular complexity index is 805. The molecule has 5 nitrogen and oxygen atoms in total. The Labute approximate surface area is 133 Å². The molecule has 0 unspecified atom stereocenters. The van der Waals surface area contributed by atoms with Crippen LogP contribution in [0.1, 0.15) is 27.0 Å². The molecule has 23 heavy (non-hydrogen) atoms. The third kappa shape index (κ3) is 3.44. The Morgan fingerprint density at radius 1 is 1.26 bits per heavy atom. The van der Waals surface area contributed by atoms with Crippen LogP contribution in [0.15, 0.2) is 49.0 Å². The molecular formula is C18H14N2O3. The number of carbonyl (C=O) groups is 1. The van der Waals surface area contributed by atoms with Crippen LogP contribution in [-0.4, -0.2) is 17.3 Å². The molecule has 0 amide bonds. The zero-order chi connectivity index (χ0) is 16.8. The Morgan fingerprint density at radius 3 is 2.52 bits per heavy atom. The van der Waals surface area contributed by atoms with E-state index in [4.69, 9.17) is 15.4 Å². The van der Waals surface area contributed by atoms with Crippen LogP contribution in [0.3, 0.4) is 0 Å². The van der Waals surface area contributed by atoms with E-state index in [-0.39, 0.29) is 34.6 Å². The number of hydrogen-bond donors (Lipinski definition) is 2. The largest absolute Gasteiger partial charge is 0.488 e. The number of carboxylic acid groups (broad SMARTS) is 1. The highest BCUT2D eigenvalue weighted by Crippen LogP contribution is 2.30. The summed E-state index contributed by atoms with van der Waals surface area (Å²) < 4.78 is 5.61. The lowest BCUT2D eigenvalue weighted by Gasteiger charge is -2.14. The third-order valence-electron chi connectivity index (χ3n) is 3.23. The molecule has 0 heterocycles. The molecule has 0 atom stereocenters. The van der Waals surface area contributed by atoms with Crippen LogP contribution in [0.5, 0.6) is 5.75 Å². The van der Waals surface area contributed by atoms with Gasteiger partial charge in [0.05, 0.1) is 11.6 Å². The summed E-state index contributed by atoms with van der Waals surface area (Å²) in [7, 11) is 0. The number of carboxylic acids is 1. The van der Waals surface area contributed by atoms with Crippen LogP contribution in [0, 0.1) is 16.7 Å². The molecule has 0 aromatic heterocycles. The molecule has 114 valence electrons. The van der Waals surface area contributed by atoms with Crippen molar-refractivity contribution in [3.63, 3.8) is 0 Å². The van der Waals surface area contributed by atoms with E-state index >= 15 is 0 Å². The van der Waals surface area contributed by atoms with Crippen molar-refractivity contribution in [2.24, 2.45) is 0 Å². The second-order valence-electron chi connectivity index (χ2n) is 4.72. The monoisotopic (exact) mass is 306 g/mol. The van der Waals surface area contributed by atoms with E-state index in [2.05, 4.69) is 6.58 Å². The predicted octanol–water partition coefficient (Wildman–Crippen LogP) is 3.50. The van der Waals surface area contributed by atoms with Crippen LogP contribution < -0.4 is 4.74 Å². The number of nitrogens with zero attached hydrogens (tertiary/aromatic N) is 1. The van der Waals surface area contributed by atoms with Gasteiger partial charge in [0.15, 0.2) is 0 Å². The standard InChI is InChI=1S/C18H14N2O3/c1-12(9-19)16-14(10-20)7-8-15(17(16)18(21)22)23-11-13-5-3-2-4-6-13/h2-9,19H,1,11H2,(H,21,22). The highest BCUT2D eigenvalue weighted by molar-refractivity contribution is 6.13. The zero-order valence-corrected chi connectivity index (χ0v) is 12.2. The highest BCUT2D eigenvalue weighted by Gasteiger charge is 2.21. The molecule has 0 bridgehead atoms. The number of ether oxygens (including phenoxy) is 1. The van der Waals surface area contributed by atoms with Gasteiger partial charge in [0.2, 0.25) is 0 Å². The smallest absolute Gasteiger partial charge is 0.340 e. The molecule has 0 saturated carbocycles. The number of hydrogen-bond acceptors (Lipinski definition) is 4. The minimum absolute atomic E-state index is 0.112. The van der Waals surface area contributed by atoms with Gasteiger partial charge in [0.25, 0.3) is 0 Å². The average Bonchev–Trinajstić information content (AvgIpc) is 2.59. The lowest BCUT2D eigenvalue weighted by molar-refractivity contribution is 0.0691. The molecule has 2 N–H and O–H groups in total. The van der Waals surface area contributed by atoms with Crippen molar-refractivity contribution in [3.05, 3.63) is 71.3 Å². The fourth-order valence-corrected chi connectivity index (χ4v) is 2.15. The first-order valence-electron chi connectivity index (χ1n) is 6.75. The van der Waals surface area contributed by atoms with E-state index in [9.17, 15) is 9.90 Å². The van der Waals surface area contributed by atoms with Crippen LogP contribution in [0.4, 0.5) is 0 Å². The van der Waals surface area contributed by atoms with Gasteiger partial charge in [0, 0.05) is 11.8 Å². The van der Waals surface area contributed by atoms with Gasteiger partial charge in [-0.25, -0.2) is 4.79 Å². The Balaban J connectivity index is 2.47. The summed E-state index contributed by atoms with van der Waals surface area (Å²) in [5.41, 5.74) is 1.13. The lowest BCUT2D eigenvalue weighted by atomic mass is 9.95. The molecule has 2 aromatic rings. The number of nitrogens with one attached hydrogen (secondary N) is 1. The van der Waals surface area contributed by atoms with Gasteiger partial charge in [-0.1, -0.05) is 36.9 Å². The topological polar surface area (TPSA) is 94.2 Å². The molecule has 0 aliphatic rings. The molecule has 0 spiro atoms. The number of rotatable bonds is 6. The Morgan fingerprint density at radius 2 is 1.96 bits per heavy atom. The van der Waals surface area contributed by atoms with E-state index in [1.807, 2.05) is 36.4 Å². The maximum Gasteiger partial charge on any atom is 0.340 e. The molecule has 0 aliphatic carbocycles. The first kappa shape index (κ1) is 16.0. The number of allylic oxidation sites excluding steroid dienone is 1. The van der Waals surface area contributed by atoms with E-state index < -0.39 is 5.97 Å². The van der Waals surface area contributed by atoms with Crippen LogP contribution in [-0.2, 0) is 6.61 Å². The summed E-state index contributed by atoms with van der Waals surface area (Å²) in [5.74, 6) is -1.10. The zero-order valence-electron chi connectivity index (χ0n) is 12.2. The summed E-state index contributed by atoms with van der Waals surface area (Å²) in [6, 6.07) is 14.2. The average molecular weight is 306 g/mol. The van der Waals surface area contributed by atoms with Crippen LogP contribution in [0.2, 0.25) is 0 Å². The quantitative estimate of drug-likeness (QED) is 0.799. The van der Waals surface area contributed by atoms with Gasteiger partial charge in [-0.05, 0) is 23.3 Å². The highest BCUT2D eigenvalue weighted by atomic mass is 16.5. The molecule has 2 aromatic carbocycles. The summed E-state index contributed by atoms with van der Waals surface area (Å²) in [6.07, 6.45) is 0.920. The minimum Gasteiger partial charge on any atom is -0.488 e.